The van der Waals surface area contributed by atoms with E-state index in [2.05, 4.69) is 6.92 Å². The molecule has 0 aliphatic heterocycles. The lowest BCUT2D eigenvalue weighted by Gasteiger charge is -2.22. The molecule has 0 fully saturated rings. The quantitative estimate of drug-likeness (QED) is 0.661. The Kier molecular flexibility index (Phi) is 8.72. The summed E-state index contributed by atoms with van der Waals surface area (Å²) in [5.41, 5.74) is 0.930. The van der Waals surface area contributed by atoms with Crippen LogP contribution in [-0.2, 0) is 4.79 Å². The van der Waals surface area contributed by atoms with Crippen LogP contribution in [0, 0.1) is 0 Å². The Morgan fingerprint density at radius 3 is 2.40 bits per heavy atom. The molecule has 1 N–H and O–H groups in total. The Bertz CT molecular complexity index is 365. The lowest BCUT2D eigenvalue weighted by Crippen LogP contribution is -2.32. The van der Waals surface area contributed by atoms with E-state index in [1.54, 1.807) is 4.90 Å². The van der Waals surface area contributed by atoms with Crippen LogP contribution in [0.15, 0.2) is 30.3 Å². The van der Waals surface area contributed by atoms with E-state index in [1.807, 2.05) is 30.3 Å². The molecule has 0 bridgehead atoms. The molecule has 0 spiro atoms. The number of benzene rings is 1. The zero-order valence-corrected chi connectivity index (χ0v) is 12.6. The molecule has 0 aliphatic rings. The molecule has 20 heavy (non-hydrogen) atoms. The highest BCUT2D eigenvalue weighted by Crippen LogP contribution is 2.16. The van der Waals surface area contributed by atoms with E-state index < -0.39 is 0 Å². The highest BCUT2D eigenvalue weighted by Gasteiger charge is 2.14. The monoisotopic (exact) mass is 277 g/mol. The second-order valence-corrected chi connectivity index (χ2v) is 5.12. The number of nitrogens with zero attached hydrogens (tertiary/aromatic N) is 1. The number of hydrogen-bond donors (Lipinski definition) is 1. The summed E-state index contributed by atoms with van der Waals surface area (Å²) >= 11 is 0. The van der Waals surface area contributed by atoms with E-state index in [9.17, 15) is 4.79 Å². The minimum atomic E-state index is 0.118. The molecule has 3 nitrogen and oxygen atoms in total. The summed E-state index contributed by atoms with van der Waals surface area (Å²) in [5.74, 6) is 0.168. The Morgan fingerprint density at radius 2 is 1.75 bits per heavy atom. The molecule has 3 heteroatoms. The molecule has 0 aromatic heterocycles. The molecule has 0 saturated carbocycles. The average Bonchev–Trinajstić information content (AvgIpc) is 2.48. The SMILES string of the molecule is CCCCCCCC(=O)N(CCCO)c1ccccc1. The molecule has 1 aromatic carbocycles. The van der Waals surface area contributed by atoms with Crippen LogP contribution in [0.5, 0.6) is 0 Å². The molecule has 112 valence electrons. The summed E-state index contributed by atoms with van der Waals surface area (Å²) in [4.78, 5) is 14.1. The molecule has 0 aliphatic carbocycles. The lowest BCUT2D eigenvalue weighted by atomic mass is 10.1. The van der Waals surface area contributed by atoms with Crippen LogP contribution in [-0.4, -0.2) is 24.2 Å². The first-order chi connectivity index (χ1) is 9.79. The number of unbranched alkanes of at least 4 members (excludes halogenated alkanes) is 4. The summed E-state index contributed by atoms with van der Waals surface area (Å²) < 4.78 is 0. The van der Waals surface area contributed by atoms with Gasteiger partial charge in [-0.25, -0.2) is 0 Å². The van der Waals surface area contributed by atoms with Crippen LogP contribution < -0.4 is 4.90 Å². The zero-order chi connectivity index (χ0) is 14.6. The van der Waals surface area contributed by atoms with Crippen molar-refractivity contribution in [2.45, 2.75) is 51.9 Å². The second-order valence-electron chi connectivity index (χ2n) is 5.12. The van der Waals surface area contributed by atoms with Crippen LogP contribution >= 0.6 is 0 Å². The van der Waals surface area contributed by atoms with Crippen molar-refractivity contribution in [1.82, 2.24) is 0 Å². The lowest BCUT2D eigenvalue weighted by molar-refractivity contribution is -0.118. The van der Waals surface area contributed by atoms with Crippen LogP contribution in [0.4, 0.5) is 5.69 Å². The number of carbonyl (C=O) groups is 1. The first-order valence-corrected chi connectivity index (χ1v) is 7.76. The van der Waals surface area contributed by atoms with Gasteiger partial charge in [0.1, 0.15) is 0 Å². The third-order valence-corrected chi connectivity index (χ3v) is 3.40. The van der Waals surface area contributed by atoms with Crippen LogP contribution in [0.25, 0.3) is 0 Å². The van der Waals surface area contributed by atoms with Crippen molar-refractivity contribution >= 4 is 11.6 Å². The highest BCUT2D eigenvalue weighted by molar-refractivity contribution is 5.93. The topological polar surface area (TPSA) is 40.5 Å². The van der Waals surface area contributed by atoms with Gasteiger partial charge in [-0.15, -0.1) is 0 Å². The van der Waals surface area contributed by atoms with Crippen LogP contribution in [0.3, 0.4) is 0 Å². The molecular formula is C17H27NO2. The molecule has 1 amide bonds. The van der Waals surface area contributed by atoms with Gasteiger partial charge in [0.2, 0.25) is 5.91 Å². The molecule has 0 heterocycles. The van der Waals surface area contributed by atoms with Crippen molar-refractivity contribution in [2.24, 2.45) is 0 Å². The molecule has 1 aromatic rings. The van der Waals surface area contributed by atoms with E-state index in [0.29, 0.717) is 19.4 Å². The minimum absolute atomic E-state index is 0.118. The number of anilines is 1. The standard InChI is InChI=1S/C17H27NO2/c1-2-3-4-5-9-13-17(20)18(14-10-15-19)16-11-7-6-8-12-16/h6-8,11-12,19H,2-5,9-10,13-15H2,1H3. The van der Waals surface area contributed by atoms with Gasteiger partial charge in [0, 0.05) is 25.3 Å². The van der Waals surface area contributed by atoms with Gasteiger partial charge < -0.3 is 10.0 Å². The molecule has 0 atom stereocenters. The third kappa shape index (κ3) is 6.20. The predicted octanol–water partition coefficient (Wildman–Crippen LogP) is 3.76. The van der Waals surface area contributed by atoms with Gasteiger partial charge in [0.05, 0.1) is 0 Å². The van der Waals surface area contributed by atoms with Crippen molar-refractivity contribution in [3.8, 4) is 0 Å². The fraction of sp³-hybridized carbons (Fsp3) is 0.588. The Balaban J connectivity index is 2.48. The average molecular weight is 277 g/mol. The van der Waals surface area contributed by atoms with E-state index in [4.69, 9.17) is 5.11 Å². The number of para-hydroxylation sites is 1. The number of aliphatic hydroxyl groups is 1. The maximum absolute atomic E-state index is 12.3. The molecule has 0 saturated heterocycles. The van der Waals surface area contributed by atoms with Gasteiger partial charge in [-0.1, -0.05) is 50.8 Å². The molecule has 0 unspecified atom stereocenters. The normalized spacial score (nSPS) is 10.5. The third-order valence-electron chi connectivity index (χ3n) is 3.40. The summed E-state index contributed by atoms with van der Waals surface area (Å²) in [6, 6.07) is 9.73. The Morgan fingerprint density at radius 1 is 1.05 bits per heavy atom. The summed E-state index contributed by atoms with van der Waals surface area (Å²) in [6.07, 6.45) is 7.00. The number of rotatable bonds is 10. The maximum atomic E-state index is 12.3. The molecule has 0 radical (unpaired) electrons. The molecule has 1 rings (SSSR count). The first kappa shape index (κ1) is 16.7. The van der Waals surface area contributed by atoms with Gasteiger partial charge in [-0.2, -0.15) is 0 Å². The van der Waals surface area contributed by atoms with Crippen molar-refractivity contribution in [1.29, 1.82) is 0 Å². The van der Waals surface area contributed by atoms with Gasteiger partial charge in [-0.3, -0.25) is 4.79 Å². The number of aliphatic hydroxyl groups excluding tert-OH is 1. The van der Waals surface area contributed by atoms with E-state index in [-0.39, 0.29) is 12.5 Å². The van der Waals surface area contributed by atoms with E-state index in [1.165, 1.54) is 19.3 Å². The summed E-state index contributed by atoms with van der Waals surface area (Å²) in [6.45, 7) is 2.90. The molecular weight excluding hydrogens is 250 g/mol. The number of hydrogen-bond acceptors (Lipinski definition) is 2. The zero-order valence-electron chi connectivity index (χ0n) is 12.6. The van der Waals surface area contributed by atoms with E-state index >= 15 is 0 Å². The van der Waals surface area contributed by atoms with Crippen molar-refractivity contribution < 1.29 is 9.90 Å². The Hall–Kier alpha value is -1.35. The van der Waals surface area contributed by atoms with Crippen LogP contribution in [0.1, 0.15) is 51.9 Å². The fourth-order valence-electron chi connectivity index (χ4n) is 2.25. The van der Waals surface area contributed by atoms with Crippen molar-refractivity contribution in [3.05, 3.63) is 30.3 Å². The maximum Gasteiger partial charge on any atom is 0.226 e. The summed E-state index contributed by atoms with van der Waals surface area (Å²) in [7, 11) is 0. The first-order valence-electron chi connectivity index (χ1n) is 7.76. The second kappa shape index (κ2) is 10.4. The largest absolute Gasteiger partial charge is 0.396 e. The predicted molar refractivity (Wildman–Crippen MR) is 83.9 cm³/mol. The Labute approximate surface area is 122 Å². The number of amides is 1. The van der Waals surface area contributed by atoms with Crippen molar-refractivity contribution in [3.63, 3.8) is 0 Å². The summed E-state index contributed by atoms with van der Waals surface area (Å²) in [5, 5.41) is 8.98. The smallest absolute Gasteiger partial charge is 0.226 e. The minimum Gasteiger partial charge on any atom is -0.396 e. The van der Waals surface area contributed by atoms with Gasteiger partial charge in [-0.05, 0) is 25.0 Å². The van der Waals surface area contributed by atoms with E-state index in [0.717, 1.165) is 18.5 Å². The van der Waals surface area contributed by atoms with Gasteiger partial charge in [0.15, 0.2) is 0 Å². The fourth-order valence-corrected chi connectivity index (χ4v) is 2.25. The van der Waals surface area contributed by atoms with Gasteiger partial charge in [0.25, 0.3) is 0 Å². The number of carbonyl (C=O) groups excluding carboxylic acids is 1. The van der Waals surface area contributed by atoms with Crippen LogP contribution in [0.2, 0.25) is 0 Å². The van der Waals surface area contributed by atoms with Crippen molar-refractivity contribution in [2.75, 3.05) is 18.1 Å². The van der Waals surface area contributed by atoms with Gasteiger partial charge >= 0.3 is 0 Å². The highest BCUT2D eigenvalue weighted by atomic mass is 16.3.